The third kappa shape index (κ3) is 5.18. The van der Waals surface area contributed by atoms with E-state index in [1.807, 2.05) is 22.7 Å². The normalized spacial score (nSPS) is 17.8. The molecule has 2 fully saturated rings. The summed E-state index contributed by atoms with van der Waals surface area (Å²) in [5, 5.41) is 11.4. The van der Waals surface area contributed by atoms with Crippen molar-refractivity contribution in [3.05, 3.63) is 47.8 Å². The lowest BCUT2D eigenvalue weighted by Gasteiger charge is -2.36. The smallest absolute Gasteiger partial charge is 0.387 e. The number of aromatic nitrogens is 2. The van der Waals surface area contributed by atoms with E-state index in [2.05, 4.69) is 9.72 Å². The van der Waals surface area contributed by atoms with Gasteiger partial charge in [-0.2, -0.15) is 8.78 Å². The van der Waals surface area contributed by atoms with Gasteiger partial charge in [-0.05, 0) is 69.5 Å². The first-order valence-electron chi connectivity index (χ1n) is 12.1. The van der Waals surface area contributed by atoms with Gasteiger partial charge in [-0.15, -0.1) is 0 Å². The van der Waals surface area contributed by atoms with Crippen LogP contribution in [0.1, 0.15) is 43.7 Å². The quantitative estimate of drug-likeness (QED) is 0.333. The van der Waals surface area contributed by atoms with E-state index in [1.165, 1.54) is 13.2 Å². The molecule has 2 saturated carbocycles. The molecule has 0 spiro atoms. The lowest BCUT2D eigenvalue weighted by molar-refractivity contribution is -0.109. The minimum atomic E-state index is -3.08. The molecular formula is C27H33F2N3O5. The summed E-state index contributed by atoms with van der Waals surface area (Å²) < 4.78 is 43.4. The van der Waals surface area contributed by atoms with Crippen LogP contribution in [0.15, 0.2) is 36.7 Å². The summed E-state index contributed by atoms with van der Waals surface area (Å²) in [6.07, 6.45) is 7.94. The molecule has 1 unspecified atom stereocenters. The fraction of sp³-hybridized carbons (Fsp3) is 0.481. The fourth-order valence-corrected chi connectivity index (χ4v) is 4.66. The zero-order valence-corrected chi connectivity index (χ0v) is 21.7. The maximum atomic E-state index is 13.4. The predicted molar refractivity (Wildman–Crippen MR) is 134 cm³/mol. The number of benzene rings is 1. The molecule has 1 N–H and O–H groups in total. The molecule has 1 aromatic carbocycles. The van der Waals surface area contributed by atoms with Gasteiger partial charge in [0.25, 0.3) is 0 Å². The average molecular weight is 518 g/mol. The van der Waals surface area contributed by atoms with Gasteiger partial charge in [-0.1, -0.05) is 0 Å². The summed E-state index contributed by atoms with van der Waals surface area (Å²) >= 11 is 0. The number of imidazole rings is 1. The number of aldehydes is 1. The summed E-state index contributed by atoms with van der Waals surface area (Å²) in [4.78, 5) is 17.7. The highest BCUT2D eigenvalue weighted by Crippen LogP contribution is 2.47. The highest BCUT2D eigenvalue weighted by molar-refractivity contribution is 5.75. The Morgan fingerprint density at radius 2 is 1.86 bits per heavy atom. The van der Waals surface area contributed by atoms with E-state index in [4.69, 9.17) is 9.47 Å². The molecule has 2 heterocycles. The van der Waals surface area contributed by atoms with Crippen molar-refractivity contribution in [2.45, 2.75) is 56.4 Å². The van der Waals surface area contributed by atoms with Gasteiger partial charge in [0, 0.05) is 32.0 Å². The molecule has 0 radical (unpaired) electrons. The highest BCUT2D eigenvalue weighted by atomic mass is 19.3. The molecule has 0 bridgehead atoms. The molecule has 8 nitrogen and oxygen atoms in total. The Kier molecular flexibility index (Phi) is 7.55. The molecule has 10 heteroatoms. The number of carbonyl (C=O) groups is 1. The second kappa shape index (κ2) is 10.4. The van der Waals surface area contributed by atoms with E-state index in [0.29, 0.717) is 16.9 Å². The number of rotatable bonds is 9. The number of halogens is 2. The first-order chi connectivity index (χ1) is 17.6. The molecule has 37 heavy (non-hydrogen) atoms. The summed E-state index contributed by atoms with van der Waals surface area (Å²) in [5.74, 6) is 0.0708. The average Bonchev–Trinajstić information content (AvgIpc) is 3.79. The second-order valence-electron chi connectivity index (χ2n) is 9.76. The molecule has 1 atom stereocenters. The maximum absolute atomic E-state index is 13.4. The van der Waals surface area contributed by atoms with Gasteiger partial charge < -0.3 is 24.1 Å². The number of carbonyl (C=O) groups excluding carboxylic acids is 1. The van der Waals surface area contributed by atoms with Crippen LogP contribution in [-0.2, 0) is 20.7 Å². The van der Waals surface area contributed by atoms with Crippen molar-refractivity contribution in [1.29, 1.82) is 0 Å². The zero-order chi connectivity index (χ0) is 27.0. The molecule has 2 aliphatic rings. The van der Waals surface area contributed by atoms with Gasteiger partial charge in [0.2, 0.25) is 0 Å². The molecule has 3 aromatic rings. The molecular weight excluding hydrogens is 484 g/mol. The van der Waals surface area contributed by atoms with Crippen molar-refractivity contribution in [3.63, 3.8) is 0 Å². The molecule has 0 saturated heterocycles. The van der Waals surface area contributed by atoms with Crippen LogP contribution >= 0.6 is 0 Å². The van der Waals surface area contributed by atoms with Crippen molar-refractivity contribution >= 4 is 11.9 Å². The van der Waals surface area contributed by atoms with Crippen LogP contribution in [0.25, 0.3) is 16.9 Å². The molecule has 5 rings (SSSR count). The van der Waals surface area contributed by atoms with E-state index in [0.717, 1.165) is 37.5 Å². The summed E-state index contributed by atoms with van der Waals surface area (Å²) in [5.41, 5.74) is 0.870. The number of alkyl halides is 2. The van der Waals surface area contributed by atoms with Crippen LogP contribution in [0, 0.1) is 0 Å². The van der Waals surface area contributed by atoms with Crippen LogP contribution < -0.4 is 9.47 Å². The maximum Gasteiger partial charge on any atom is 0.387 e. The molecule has 2 aliphatic carbocycles. The SMILES string of the molecule is COC.COc1cc(-c2cnc3cc(C4(C=O)CC4)ccn23)cc(OC(F)F)c1C(C)(O)N(C)C1CC1. The van der Waals surface area contributed by atoms with Crippen LogP contribution in [0.5, 0.6) is 11.5 Å². The van der Waals surface area contributed by atoms with Crippen molar-refractivity contribution in [3.8, 4) is 22.8 Å². The Balaban J connectivity index is 0.00000102. The van der Waals surface area contributed by atoms with E-state index < -0.39 is 17.8 Å². The van der Waals surface area contributed by atoms with Gasteiger partial charge in [-0.3, -0.25) is 9.30 Å². The molecule has 200 valence electrons. The largest absolute Gasteiger partial charge is 0.496 e. The zero-order valence-electron chi connectivity index (χ0n) is 21.7. The lowest BCUT2D eigenvalue weighted by Crippen LogP contribution is -2.43. The van der Waals surface area contributed by atoms with E-state index in [9.17, 15) is 18.7 Å². The van der Waals surface area contributed by atoms with E-state index in [-0.39, 0.29) is 23.1 Å². The summed E-state index contributed by atoms with van der Waals surface area (Å²) in [6, 6.07) is 7.09. The van der Waals surface area contributed by atoms with E-state index in [1.54, 1.807) is 45.4 Å². The first kappa shape index (κ1) is 27.0. The number of pyridine rings is 1. The standard InChI is InChI=1S/C25H27F2N3O4.C2H6O/c1-24(32,29(2)17-4-5-17)22-19(33-3)10-15(11-20(22)34-23(26)27)18-13-28-21-12-16(6-9-30(18)21)25(14-31)7-8-25;1-3-2/h6,9-14,17,23,32H,4-5,7-8H2,1-3H3;1-2H3. The third-order valence-electron chi connectivity index (χ3n) is 7.16. The summed E-state index contributed by atoms with van der Waals surface area (Å²) in [7, 11) is 6.43. The van der Waals surface area contributed by atoms with Gasteiger partial charge in [0.15, 0.2) is 0 Å². The van der Waals surface area contributed by atoms with Gasteiger partial charge in [0.1, 0.15) is 29.2 Å². The number of aliphatic hydroxyl groups is 1. The highest BCUT2D eigenvalue weighted by Gasteiger charge is 2.45. The fourth-order valence-electron chi connectivity index (χ4n) is 4.66. The van der Waals surface area contributed by atoms with Gasteiger partial charge >= 0.3 is 6.61 Å². The second-order valence-corrected chi connectivity index (χ2v) is 9.76. The third-order valence-corrected chi connectivity index (χ3v) is 7.16. The van der Waals surface area contributed by atoms with Crippen molar-refractivity contribution in [1.82, 2.24) is 14.3 Å². The minimum Gasteiger partial charge on any atom is -0.496 e. The van der Waals surface area contributed by atoms with Crippen molar-refractivity contribution in [2.24, 2.45) is 0 Å². The number of fused-ring (bicyclic) bond motifs is 1. The van der Waals surface area contributed by atoms with Crippen LogP contribution in [0.2, 0.25) is 0 Å². The number of hydrogen-bond acceptors (Lipinski definition) is 7. The Bertz CT molecular complexity index is 1270. The number of methoxy groups -OCH3 is 2. The lowest BCUT2D eigenvalue weighted by atomic mass is 9.97. The number of ether oxygens (including phenoxy) is 3. The number of nitrogens with zero attached hydrogens (tertiary/aromatic N) is 3. The Hall–Kier alpha value is -3.08. The van der Waals surface area contributed by atoms with Crippen LogP contribution in [0.3, 0.4) is 0 Å². The van der Waals surface area contributed by atoms with Gasteiger partial charge in [-0.25, -0.2) is 4.98 Å². The first-order valence-corrected chi connectivity index (χ1v) is 12.1. The van der Waals surface area contributed by atoms with Crippen LogP contribution in [-0.4, -0.2) is 66.7 Å². The Labute approximate surface area is 214 Å². The minimum absolute atomic E-state index is 0.145. The van der Waals surface area contributed by atoms with Gasteiger partial charge in [0.05, 0.1) is 30.0 Å². The monoisotopic (exact) mass is 517 g/mol. The molecule has 0 amide bonds. The van der Waals surface area contributed by atoms with Crippen molar-refractivity contribution < 1.29 is 32.9 Å². The Morgan fingerprint density at radius 1 is 1.22 bits per heavy atom. The number of hydrogen-bond donors (Lipinski definition) is 1. The topological polar surface area (TPSA) is 85.5 Å². The molecule has 0 aliphatic heterocycles. The van der Waals surface area contributed by atoms with E-state index >= 15 is 0 Å². The summed E-state index contributed by atoms with van der Waals surface area (Å²) in [6.45, 7) is -1.53. The Morgan fingerprint density at radius 3 is 2.41 bits per heavy atom. The molecule has 2 aromatic heterocycles. The van der Waals surface area contributed by atoms with Crippen LogP contribution in [0.4, 0.5) is 8.78 Å². The van der Waals surface area contributed by atoms with Crippen molar-refractivity contribution in [2.75, 3.05) is 28.4 Å². The predicted octanol–water partition coefficient (Wildman–Crippen LogP) is 4.36.